The second-order valence-electron chi connectivity index (χ2n) is 3.77. The largest absolute Gasteiger partial charge is 0.504 e. The average Bonchev–Trinajstić information content (AvgIpc) is 2.32. The molecule has 4 nitrogen and oxygen atoms in total. The first kappa shape index (κ1) is 12.4. The van der Waals surface area contributed by atoms with E-state index >= 15 is 0 Å². The molecule has 0 spiro atoms. The number of aryl methyl sites for hydroxylation is 1. The Hall–Kier alpha value is -2.01. The predicted octanol–water partition coefficient (Wildman–Crippen LogP) is 2.47. The molecule has 2 aromatic rings. The molecule has 18 heavy (non-hydrogen) atoms. The standard InChI is InChI=1S/C13H12O4S/c1-10-6-2-5-9-13(10)18(15,16)17-12-8-4-3-7-11(12)14/h2-9,14H,1H3. The van der Waals surface area contributed by atoms with E-state index in [9.17, 15) is 13.5 Å². The third kappa shape index (κ3) is 2.46. The normalized spacial score (nSPS) is 11.2. The molecule has 0 aliphatic carbocycles. The number of para-hydroxylation sites is 2. The van der Waals surface area contributed by atoms with Gasteiger partial charge < -0.3 is 9.29 Å². The Kier molecular flexibility index (Phi) is 3.25. The topological polar surface area (TPSA) is 63.6 Å². The molecule has 0 saturated carbocycles. The molecule has 0 amide bonds. The summed E-state index contributed by atoms with van der Waals surface area (Å²) in [6.45, 7) is 1.68. The lowest BCUT2D eigenvalue weighted by atomic mass is 10.2. The van der Waals surface area contributed by atoms with E-state index in [1.807, 2.05) is 0 Å². The lowest BCUT2D eigenvalue weighted by molar-refractivity contribution is 0.428. The first-order valence-corrected chi connectivity index (χ1v) is 6.69. The second-order valence-corrected chi connectivity index (χ2v) is 5.29. The molecular weight excluding hydrogens is 252 g/mol. The van der Waals surface area contributed by atoms with Gasteiger partial charge in [-0.25, -0.2) is 0 Å². The van der Waals surface area contributed by atoms with Crippen LogP contribution in [0.3, 0.4) is 0 Å². The Morgan fingerprint density at radius 3 is 2.28 bits per heavy atom. The lowest BCUT2D eigenvalue weighted by Crippen LogP contribution is -2.11. The van der Waals surface area contributed by atoms with Crippen LogP contribution in [0.15, 0.2) is 53.4 Å². The molecule has 2 aromatic carbocycles. The minimum Gasteiger partial charge on any atom is -0.504 e. The molecule has 0 unspecified atom stereocenters. The minimum absolute atomic E-state index is 0.0826. The van der Waals surface area contributed by atoms with Gasteiger partial charge in [-0.15, -0.1) is 0 Å². The summed E-state index contributed by atoms with van der Waals surface area (Å²) >= 11 is 0. The molecule has 2 rings (SSSR count). The molecular formula is C13H12O4S. The maximum atomic E-state index is 12.0. The van der Waals surface area contributed by atoms with Crippen LogP contribution in [-0.2, 0) is 10.1 Å². The molecule has 0 radical (unpaired) electrons. The maximum absolute atomic E-state index is 12.0. The Balaban J connectivity index is 2.40. The van der Waals surface area contributed by atoms with Crippen molar-refractivity contribution >= 4 is 10.1 Å². The summed E-state index contributed by atoms with van der Waals surface area (Å²) in [5.41, 5.74) is 0.591. The zero-order chi connectivity index (χ0) is 13.2. The molecule has 0 heterocycles. The Morgan fingerprint density at radius 2 is 1.61 bits per heavy atom. The number of phenols is 1. The van der Waals surface area contributed by atoms with E-state index in [1.165, 1.54) is 18.2 Å². The molecule has 0 fully saturated rings. The average molecular weight is 264 g/mol. The van der Waals surface area contributed by atoms with Crippen molar-refractivity contribution in [1.29, 1.82) is 0 Å². The second kappa shape index (κ2) is 4.70. The third-order valence-corrected chi connectivity index (χ3v) is 3.82. The monoisotopic (exact) mass is 264 g/mol. The van der Waals surface area contributed by atoms with E-state index < -0.39 is 10.1 Å². The van der Waals surface area contributed by atoms with E-state index in [0.29, 0.717) is 5.56 Å². The number of phenolic OH excluding ortho intramolecular Hbond substituents is 1. The molecule has 0 saturated heterocycles. The fourth-order valence-corrected chi connectivity index (χ4v) is 2.70. The van der Waals surface area contributed by atoms with Crippen molar-refractivity contribution in [2.75, 3.05) is 0 Å². The Bertz CT molecular complexity index is 662. The van der Waals surface area contributed by atoms with E-state index in [1.54, 1.807) is 37.3 Å². The van der Waals surface area contributed by atoms with Crippen LogP contribution in [0.4, 0.5) is 0 Å². The van der Waals surface area contributed by atoms with Crippen LogP contribution in [0.5, 0.6) is 11.5 Å². The van der Waals surface area contributed by atoms with Crippen molar-refractivity contribution in [3.8, 4) is 11.5 Å². The van der Waals surface area contributed by atoms with Gasteiger partial charge in [-0.3, -0.25) is 0 Å². The van der Waals surface area contributed by atoms with Gasteiger partial charge >= 0.3 is 10.1 Å². The summed E-state index contributed by atoms with van der Waals surface area (Å²) in [5, 5.41) is 9.50. The summed E-state index contributed by atoms with van der Waals surface area (Å²) in [6, 6.07) is 12.4. The van der Waals surface area contributed by atoms with Gasteiger partial charge in [0.15, 0.2) is 11.5 Å². The van der Waals surface area contributed by atoms with E-state index in [0.717, 1.165) is 0 Å². The van der Waals surface area contributed by atoms with Crippen LogP contribution in [0.2, 0.25) is 0 Å². The summed E-state index contributed by atoms with van der Waals surface area (Å²) < 4.78 is 29.0. The molecule has 0 aliphatic rings. The predicted molar refractivity (Wildman–Crippen MR) is 67.1 cm³/mol. The summed E-state index contributed by atoms with van der Waals surface area (Å²) in [4.78, 5) is 0.0910. The molecule has 5 heteroatoms. The molecule has 0 bridgehead atoms. The first-order chi connectivity index (χ1) is 8.50. The highest BCUT2D eigenvalue weighted by Crippen LogP contribution is 2.28. The Morgan fingerprint density at radius 1 is 1.00 bits per heavy atom. The molecule has 0 aliphatic heterocycles. The van der Waals surface area contributed by atoms with Crippen molar-refractivity contribution in [1.82, 2.24) is 0 Å². The van der Waals surface area contributed by atoms with Gasteiger partial charge in [0.25, 0.3) is 0 Å². The van der Waals surface area contributed by atoms with Crippen molar-refractivity contribution in [3.63, 3.8) is 0 Å². The smallest absolute Gasteiger partial charge is 0.339 e. The number of hydrogen-bond donors (Lipinski definition) is 1. The first-order valence-electron chi connectivity index (χ1n) is 5.29. The zero-order valence-corrected chi connectivity index (χ0v) is 10.5. The number of aromatic hydroxyl groups is 1. The molecule has 94 valence electrons. The van der Waals surface area contributed by atoms with Gasteiger partial charge in [0.2, 0.25) is 0 Å². The highest BCUT2D eigenvalue weighted by Gasteiger charge is 2.19. The zero-order valence-electron chi connectivity index (χ0n) is 9.70. The molecule has 0 aromatic heterocycles. The maximum Gasteiger partial charge on any atom is 0.339 e. The van der Waals surface area contributed by atoms with E-state index in [2.05, 4.69) is 0 Å². The lowest BCUT2D eigenvalue weighted by Gasteiger charge is -2.09. The quantitative estimate of drug-likeness (QED) is 0.865. The van der Waals surface area contributed by atoms with Gasteiger partial charge in [0.1, 0.15) is 4.90 Å². The minimum atomic E-state index is -3.93. The highest BCUT2D eigenvalue weighted by atomic mass is 32.2. The highest BCUT2D eigenvalue weighted by molar-refractivity contribution is 7.87. The molecule has 0 atom stereocenters. The fraction of sp³-hybridized carbons (Fsp3) is 0.0769. The van der Waals surface area contributed by atoms with Crippen LogP contribution in [-0.4, -0.2) is 13.5 Å². The van der Waals surface area contributed by atoms with E-state index in [4.69, 9.17) is 4.18 Å². The van der Waals surface area contributed by atoms with Crippen LogP contribution in [0.25, 0.3) is 0 Å². The SMILES string of the molecule is Cc1ccccc1S(=O)(=O)Oc1ccccc1O. The van der Waals surface area contributed by atoms with Crippen LogP contribution in [0, 0.1) is 6.92 Å². The number of rotatable bonds is 3. The van der Waals surface area contributed by atoms with Gasteiger partial charge in [0.05, 0.1) is 0 Å². The van der Waals surface area contributed by atoms with Gasteiger partial charge in [-0.1, -0.05) is 30.3 Å². The summed E-state index contributed by atoms with van der Waals surface area (Å²) in [6.07, 6.45) is 0. The number of hydrogen-bond acceptors (Lipinski definition) is 4. The van der Waals surface area contributed by atoms with Crippen LogP contribution >= 0.6 is 0 Å². The van der Waals surface area contributed by atoms with Crippen LogP contribution < -0.4 is 4.18 Å². The van der Waals surface area contributed by atoms with Gasteiger partial charge in [0, 0.05) is 0 Å². The van der Waals surface area contributed by atoms with Gasteiger partial charge in [-0.2, -0.15) is 8.42 Å². The van der Waals surface area contributed by atoms with Crippen LogP contribution in [0.1, 0.15) is 5.56 Å². The van der Waals surface area contributed by atoms with Crippen molar-refractivity contribution in [2.24, 2.45) is 0 Å². The summed E-state index contributed by atoms with van der Waals surface area (Å²) in [7, 11) is -3.93. The summed E-state index contributed by atoms with van der Waals surface area (Å²) in [5.74, 6) is -0.296. The third-order valence-electron chi connectivity index (χ3n) is 2.43. The fourth-order valence-electron chi connectivity index (χ4n) is 1.53. The van der Waals surface area contributed by atoms with Crippen molar-refractivity contribution in [2.45, 2.75) is 11.8 Å². The molecule has 1 N–H and O–H groups in total. The van der Waals surface area contributed by atoms with E-state index in [-0.39, 0.29) is 16.4 Å². The van der Waals surface area contributed by atoms with Gasteiger partial charge in [-0.05, 0) is 30.7 Å². The van der Waals surface area contributed by atoms with Crippen molar-refractivity contribution < 1.29 is 17.7 Å². The van der Waals surface area contributed by atoms with Crippen molar-refractivity contribution in [3.05, 3.63) is 54.1 Å². The number of benzene rings is 2. The Labute approximate surface area is 106 Å².